The second-order valence-electron chi connectivity index (χ2n) is 8.39. The van der Waals surface area contributed by atoms with E-state index < -0.39 is 21.8 Å². The van der Waals surface area contributed by atoms with Crippen LogP contribution in [0.4, 0.5) is 4.39 Å². The number of piperidine rings is 1. The minimum atomic E-state index is -3.65. The largest absolute Gasteiger partial charge is 0.494 e. The first-order chi connectivity index (χ1) is 16.3. The number of hydrogen-bond donors (Lipinski definition) is 0. The summed E-state index contributed by atoms with van der Waals surface area (Å²) in [6.07, 6.45) is 0.915. The standard InChI is InChI=1S/C24H28FN3O5S/c1-2-33-21-6-8-22(9-7-21)34(31,32)27-12-10-20(11-13-27)28-15-14-26(23(29)24(28)30)17-18-4-3-5-19(25)16-18/h3-9,16,20H,2,10-15,17H2,1H3. The van der Waals surface area contributed by atoms with Crippen LogP contribution in [0, 0.1) is 5.82 Å². The van der Waals surface area contributed by atoms with Crippen molar-refractivity contribution in [3.8, 4) is 5.75 Å². The molecule has 2 fully saturated rings. The number of ether oxygens (including phenoxy) is 1. The minimum Gasteiger partial charge on any atom is -0.494 e. The molecule has 2 heterocycles. The maximum absolute atomic E-state index is 13.4. The predicted molar refractivity (Wildman–Crippen MR) is 123 cm³/mol. The molecule has 10 heteroatoms. The highest BCUT2D eigenvalue weighted by Crippen LogP contribution is 2.26. The van der Waals surface area contributed by atoms with E-state index in [1.54, 1.807) is 29.2 Å². The van der Waals surface area contributed by atoms with Crippen molar-refractivity contribution in [2.24, 2.45) is 0 Å². The number of amides is 2. The zero-order valence-electron chi connectivity index (χ0n) is 19.0. The number of halogens is 1. The van der Waals surface area contributed by atoms with Crippen LogP contribution in [0.5, 0.6) is 5.75 Å². The fourth-order valence-electron chi connectivity index (χ4n) is 4.46. The van der Waals surface area contributed by atoms with Crippen LogP contribution in [0.25, 0.3) is 0 Å². The first-order valence-corrected chi connectivity index (χ1v) is 12.8. The Labute approximate surface area is 198 Å². The third-order valence-electron chi connectivity index (χ3n) is 6.24. The topological polar surface area (TPSA) is 87.2 Å². The Morgan fingerprint density at radius 3 is 2.32 bits per heavy atom. The van der Waals surface area contributed by atoms with Gasteiger partial charge in [0.1, 0.15) is 11.6 Å². The fraction of sp³-hybridized carbons (Fsp3) is 0.417. The fourth-order valence-corrected chi connectivity index (χ4v) is 5.93. The summed E-state index contributed by atoms with van der Waals surface area (Å²) in [4.78, 5) is 28.7. The summed E-state index contributed by atoms with van der Waals surface area (Å²) in [6.45, 7) is 3.80. The molecule has 2 aromatic carbocycles. The van der Waals surface area contributed by atoms with Gasteiger partial charge in [0.15, 0.2) is 0 Å². The minimum absolute atomic E-state index is 0.176. The van der Waals surface area contributed by atoms with Crippen molar-refractivity contribution in [1.82, 2.24) is 14.1 Å². The van der Waals surface area contributed by atoms with Crippen LogP contribution in [-0.4, -0.2) is 73.2 Å². The van der Waals surface area contributed by atoms with Gasteiger partial charge in [-0.05, 0) is 61.7 Å². The summed E-state index contributed by atoms with van der Waals surface area (Å²) in [5.74, 6) is -0.975. The second-order valence-corrected chi connectivity index (χ2v) is 10.3. The van der Waals surface area contributed by atoms with E-state index in [1.807, 2.05) is 6.92 Å². The lowest BCUT2D eigenvalue weighted by Gasteiger charge is -2.41. The molecule has 2 saturated heterocycles. The van der Waals surface area contributed by atoms with Crippen LogP contribution >= 0.6 is 0 Å². The van der Waals surface area contributed by atoms with Crippen molar-refractivity contribution in [3.63, 3.8) is 0 Å². The van der Waals surface area contributed by atoms with Gasteiger partial charge in [0.25, 0.3) is 0 Å². The zero-order valence-corrected chi connectivity index (χ0v) is 19.8. The summed E-state index contributed by atoms with van der Waals surface area (Å²) >= 11 is 0. The summed E-state index contributed by atoms with van der Waals surface area (Å²) in [6, 6.07) is 12.1. The lowest BCUT2D eigenvalue weighted by molar-refractivity contribution is -0.158. The molecule has 182 valence electrons. The average Bonchev–Trinajstić information content (AvgIpc) is 2.83. The van der Waals surface area contributed by atoms with Crippen molar-refractivity contribution in [2.45, 2.75) is 37.2 Å². The molecule has 0 bridgehead atoms. The lowest BCUT2D eigenvalue weighted by Crippen LogP contribution is -2.58. The number of carbonyl (C=O) groups excluding carboxylic acids is 2. The van der Waals surface area contributed by atoms with Crippen LogP contribution < -0.4 is 4.74 Å². The van der Waals surface area contributed by atoms with Gasteiger partial charge in [-0.1, -0.05) is 12.1 Å². The predicted octanol–water partition coefficient (Wildman–Crippen LogP) is 2.25. The molecule has 0 atom stereocenters. The van der Waals surface area contributed by atoms with Crippen molar-refractivity contribution in [3.05, 3.63) is 59.9 Å². The molecular formula is C24H28FN3O5S. The van der Waals surface area contributed by atoms with Gasteiger partial charge in [0, 0.05) is 38.8 Å². The van der Waals surface area contributed by atoms with Crippen molar-refractivity contribution >= 4 is 21.8 Å². The molecule has 0 saturated carbocycles. The number of carbonyl (C=O) groups is 2. The van der Waals surface area contributed by atoms with E-state index in [1.165, 1.54) is 33.5 Å². The molecule has 0 aliphatic carbocycles. The van der Waals surface area contributed by atoms with Gasteiger partial charge in [0.2, 0.25) is 10.0 Å². The number of nitrogens with zero attached hydrogens (tertiary/aromatic N) is 3. The number of rotatable bonds is 7. The Kier molecular flexibility index (Phi) is 7.18. The van der Waals surface area contributed by atoms with Gasteiger partial charge >= 0.3 is 11.8 Å². The van der Waals surface area contributed by atoms with E-state index in [0.717, 1.165) is 0 Å². The average molecular weight is 490 g/mol. The first kappa shape index (κ1) is 24.2. The number of piperazine rings is 1. The number of benzene rings is 2. The highest BCUT2D eigenvalue weighted by Gasteiger charge is 2.39. The van der Waals surface area contributed by atoms with E-state index in [4.69, 9.17) is 4.74 Å². The van der Waals surface area contributed by atoms with E-state index in [9.17, 15) is 22.4 Å². The Bertz CT molecular complexity index is 1150. The molecule has 0 unspecified atom stereocenters. The molecule has 0 radical (unpaired) electrons. The molecule has 4 rings (SSSR count). The highest BCUT2D eigenvalue weighted by molar-refractivity contribution is 7.89. The van der Waals surface area contributed by atoms with Crippen LogP contribution in [0.3, 0.4) is 0 Å². The Hall–Kier alpha value is -2.98. The molecular weight excluding hydrogens is 461 g/mol. The maximum atomic E-state index is 13.4. The normalized spacial score (nSPS) is 18.4. The number of hydrogen-bond acceptors (Lipinski definition) is 5. The van der Waals surface area contributed by atoms with E-state index in [2.05, 4.69) is 0 Å². The first-order valence-electron chi connectivity index (χ1n) is 11.4. The highest BCUT2D eigenvalue weighted by atomic mass is 32.2. The summed E-state index contributed by atoms with van der Waals surface area (Å²) in [5.41, 5.74) is 0.627. The van der Waals surface area contributed by atoms with Crippen molar-refractivity contribution < 1.29 is 27.1 Å². The Morgan fingerprint density at radius 1 is 0.971 bits per heavy atom. The molecule has 2 aromatic rings. The quantitative estimate of drug-likeness (QED) is 0.557. The molecule has 0 aromatic heterocycles. The van der Waals surface area contributed by atoms with Gasteiger partial charge < -0.3 is 14.5 Å². The van der Waals surface area contributed by atoms with Crippen LogP contribution in [0.1, 0.15) is 25.3 Å². The number of sulfonamides is 1. The SMILES string of the molecule is CCOc1ccc(S(=O)(=O)N2CCC(N3CCN(Cc4cccc(F)c4)C(=O)C3=O)CC2)cc1. The van der Waals surface area contributed by atoms with Crippen LogP contribution in [0.2, 0.25) is 0 Å². The van der Waals surface area contributed by atoms with E-state index in [-0.39, 0.29) is 36.4 Å². The van der Waals surface area contributed by atoms with Gasteiger partial charge in [0.05, 0.1) is 11.5 Å². The monoisotopic (exact) mass is 489 g/mol. The zero-order chi connectivity index (χ0) is 24.3. The van der Waals surface area contributed by atoms with E-state index >= 15 is 0 Å². The van der Waals surface area contributed by atoms with Crippen LogP contribution in [0.15, 0.2) is 53.4 Å². The van der Waals surface area contributed by atoms with Crippen LogP contribution in [-0.2, 0) is 26.2 Å². The summed E-state index contributed by atoms with van der Waals surface area (Å²) in [7, 11) is -3.65. The third-order valence-corrected chi connectivity index (χ3v) is 8.15. The van der Waals surface area contributed by atoms with Gasteiger partial charge in [-0.3, -0.25) is 9.59 Å². The molecule has 2 aliphatic heterocycles. The molecule has 2 aliphatic rings. The second kappa shape index (κ2) is 10.1. The lowest BCUT2D eigenvalue weighted by atomic mass is 10.0. The third kappa shape index (κ3) is 5.07. The molecule has 0 N–H and O–H groups in total. The van der Waals surface area contributed by atoms with Crippen molar-refractivity contribution in [2.75, 3.05) is 32.8 Å². The Morgan fingerprint density at radius 2 is 1.68 bits per heavy atom. The molecule has 2 amide bonds. The maximum Gasteiger partial charge on any atom is 0.312 e. The smallest absolute Gasteiger partial charge is 0.312 e. The van der Waals surface area contributed by atoms with E-state index in [0.29, 0.717) is 43.9 Å². The van der Waals surface area contributed by atoms with Crippen molar-refractivity contribution in [1.29, 1.82) is 0 Å². The molecule has 8 nitrogen and oxygen atoms in total. The van der Waals surface area contributed by atoms with Gasteiger partial charge in [-0.2, -0.15) is 4.31 Å². The van der Waals surface area contributed by atoms with Gasteiger partial charge in [-0.25, -0.2) is 12.8 Å². The van der Waals surface area contributed by atoms with Gasteiger partial charge in [-0.15, -0.1) is 0 Å². The Balaban J connectivity index is 1.35. The molecule has 34 heavy (non-hydrogen) atoms. The molecule has 0 spiro atoms. The summed E-state index contributed by atoms with van der Waals surface area (Å²) < 4.78 is 46.3. The summed E-state index contributed by atoms with van der Waals surface area (Å²) in [5, 5.41) is 0.